The first kappa shape index (κ1) is 10.5. The predicted octanol–water partition coefficient (Wildman–Crippen LogP) is -0.198. The number of hydrogen-bond acceptors (Lipinski definition) is 3. The van der Waals surface area contributed by atoms with Gasteiger partial charge >= 0.3 is 17.6 Å². The summed E-state index contributed by atoms with van der Waals surface area (Å²) in [6.45, 7) is -0.302. The van der Waals surface area contributed by atoms with Gasteiger partial charge in [0.2, 0.25) is 0 Å². The molecule has 78 valence electrons. The second kappa shape index (κ2) is 3.28. The number of nitrogens with one attached hydrogen (secondary N) is 1. The van der Waals surface area contributed by atoms with Crippen LogP contribution in [-0.4, -0.2) is 20.7 Å². The second-order valence-electron chi connectivity index (χ2n) is 2.60. The van der Waals surface area contributed by atoms with Crippen molar-refractivity contribution in [3.05, 3.63) is 26.8 Å². The average molecular weight is 209 g/mol. The molecule has 0 spiro atoms. The van der Waals surface area contributed by atoms with Crippen LogP contribution in [-0.2, 0) is 6.54 Å². The summed E-state index contributed by atoms with van der Waals surface area (Å²) in [5.41, 5.74) is -2.06. The monoisotopic (exact) mass is 209 g/mol. The molecule has 0 aliphatic rings. The van der Waals surface area contributed by atoms with Crippen molar-refractivity contribution >= 4 is 0 Å². The van der Waals surface area contributed by atoms with Crippen molar-refractivity contribution in [3.63, 3.8) is 0 Å². The fourth-order valence-electron chi connectivity index (χ4n) is 0.907. The molecule has 14 heavy (non-hydrogen) atoms. The van der Waals surface area contributed by atoms with Crippen LogP contribution in [0, 0.1) is 6.92 Å². The summed E-state index contributed by atoms with van der Waals surface area (Å²) < 4.78 is 36.1. The Kier molecular flexibility index (Phi) is 2.45. The molecule has 0 aliphatic heterocycles. The Morgan fingerprint density at radius 3 is 2.43 bits per heavy atom. The Hall–Kier alpha value is -1.60. The highest BCUT2D eigenvalue weighted by atomic mass is 19.4. The Bertz CT molecular complexity index is 445. The van der Waals surface area contributed by atoms with Gasteiger partial charge in [0.05, 0.1) is 0 Å². The molecule has 0 unspecified atom stereocenters. The summed E-state index contributed by atoms with van der Waals surface area (Å²) in [6.07, 6.45) is -4.52. The first-order chi connectivity index (χ1) is 6.29. The minimum absolute atomic E-state index is 0.268. The number of aryl methyl sites for hydroxylation is 1. The topological polar surface area (TPSA) is 67.8 Å². The first-order valence-corrected chi connectivity index (χ1v) is 3.54. The van der Waals surface area contributed by atoms with E-state index in [0.717, 1.165) is 6.92 Å². The molecule has 0 atom stereocenters. The number of alkyl halides is 3. The molecule has 0 aliphatic carbocycles. The molecule has 0 bridgehead atoms. The molecule has 0 saturated heterocycles. The van der Waals surface area contributed by atoms with E-state index in [9.17, 15) is 22.8 Å². The lowest BCUT2D eigenvalue weighted by molar-refractivity contribution is -0.141. The summed E-state index contributed by atoms with van der Waals surface area (Å²) in [7, 11) is 0. The summed E-state index contributed by atoms with van der Waals surface area (Å²) in [5.74, 6) is -0.268. The quantitative estimate of drug-likeness (QED) is 0.696. The van der Waals surface area contributed by atoms with Gasteiger partial charge in [-0.2, -0.15) is 18.2 Å². The molecule has 0 aromatic carbocycles. The Balaban J connectivity index is 3.23. The third-order valence-electron chi connectivity index (χ3n) is 1.45. The van der Waals surface area contributed by atoms with Crippen LogP contribution in [0.25, 0.3) is 0 Å². The lowest BCUT2D eigenvalue weighted by Gasteiger charge is -2.09. The zero-order valence-corrected chi connectivity index (χ0v) is 7.05. The SMILES string of the molecule is Cc1nc(=O)[nH]c(=O)n1CC(F)(F)F. The number of aromatic amines is 1. The average Bonchev–Trinajstić information content (AvgIpc) is 1.95. The van der Waals surface area contributed by atoms with E-state index in [1.54, 1.807) is 4.98 Å². The maximum Gasteiger partial charge on any atom is 0.406 e. The van der Waals surface area contributed by atoms with Crippen molar-refractivity contribution in [2.45, 2.75) is 19.6 Å². The van der Waals surface area contributed by atoms with Gasteiger partial charge in [0, 0.05) is 0 Å². The van der Waals surface area contributed by atoms with Crippen LogP contribution in [0.15, 0.2) is 9.59 Å². The minimum atomic E-state index is -4.52. The molecular weight excluding hydrogens is 203 g/mol. The molecule has 8 heteroatoms. The number of hydrogen-bond donors (Lipinski definition) is 1. The number of halogens is 3. The molecule has 1 rings (SSSR count). The smallest absolute Gasteiger partial charge is 0.273 e. The first-order valence-electron chi connectivity index (χ1n) is 3.54. The lowest BCUT2D eigenvalue weighted by atomic mass is 10.5. The zero-order chi connectivity index (χ0) is 10.9. The molecule has 0 fully saturated rings. The summed E-state index contributed by atoms with van der Waals surface area (Å²) >= 11 is 0. The van der Waals surface area contributed by atoms with Crippen LogP contribution >= 0.6 is 0 Å². The predicted molar refractivity (Wildman–Crippen MR) is 39.9 cm³/mol. The molecule has 5 nitrogen and oxygen atoms in total. The van der Waals surface area contributed by atoms with Crippen molar-refractivity contribution in [1.29, 1.82) is 0 Å². The van der Waals surface area contributed by atoms with Gasteiger partial charge in [-0.15, -0.1) is 0 Å². The third kappa shape index (κ3) is 2.44. The van der Waals surface area contributed by atoms with Gasteiger partial charge < -0.3 is 0 Å². The number of aromatic nitrogens is 3. The molecule has 0 radical (unpaired) electrons. The molecule has 1 N–H and O–H groups in total. The Labute approximate surface area is 75.2 Å². The van der Waals surface area contributed by atoms with Gasteiger partial charge in [0.1, 0.15) is 12.4 Å². The van der Waals surface area contributed by atoms with Crippen molar-refractivity contribution in [2.24, 2.45) is 0 Å². The molecule has 0 saturated carbocycles. The fraction of sp³-hybridized carbons (Fsp3) is 0.500. The van der Waals surface area contributed by atoms with Crippen molar-refractivity contribution in [3.8, 4) is 0 Å². The highest BCUT2D eigenvalue weighted by molar-refractivity contribution is 4.83. The van der Waals surface area contributed by atoms with E-state index in [0.29, 0.717) is 4.57 Å². The van der Waals surface area contributed by atoms with Crippen LogP contribution in [0.5, 0.6) is 0 Å². The number of nitrogens with zero attached hydrogens (tertiary/aromatic N) is 2. The molecule has 1 heterocycles. The highest BCUT2D eigenvalue weighted by Crippen LogP contribution is 2.16. The van der Waals surface area contributed by atoms with E-state index in [-0.39, 0.29) is 5.82 Å². The number of rotatable bonds is 1. The van der Waals surface area contributed by atoms with Crippen LogP contribution in [0.2, 0.25) is 0 Å². The third-order valence-corrected chi connectivity index (χ3v) is 1.45. The van der Waals surface area contributed by atoms with E-state index >= 15 is 0 Å². The Morgan fingerprint density at radius 2 is 2.00 bits per heavy atom. The van der Waals surface area contributed by atoms with Crippen LogP contribution in [0.4, 0.5) is 13.2 Å². The normalized spacial score (nSPS) is 11.7. The largest absolute Gasteiger partial charge is 0.406 e. The van der Waals surface area contributed by atoms with Crippen LogP contribution in [0.1, 0.15) is 5.82 Å². The lowest BCUT2D eigenvalue weighted by Crippen LogP contribution is -2.37. The van der Waals surface area contributed by atoms with E-state index in [2.05, 4.69) is 4.98 Å². The van der Waals surface area contributed by atoms with Gasteiger partial charge in [0.15, 0.2) is 0 Å². The van der Waals surface area contributed by atoms with Crippen molar-refractivity contribution < 1.29 is 13.2 Å². The second-order valence-corrected chi connectivity index (χ2v) is 2.60. The maximum absolute atomic E-state index is 11.9. The molecule has 0 amide bonds. The van der Waals surface area contributed by atoms with Gasteiger partial charge in [0.25, 0.3) is 0 Å². The molecular formula is C6H6F3N3O2. The van der Waals surface area contributed by atoms with E-state index in [4.69, 9.17) is 0 Å². The standard InChI is InChI=1S/C6H6F3N3O2/c1-3-10-4(13)11-5(14)12(3)2-6(7,8)9/h2H2,1H3,(H,11,13,14). The summed E-state index contributed by atoms with van der Waals surface area (Å²) in [4.78, 5) is 26.3. The Morgan fingerprint density at radius 1 is 1.43 bits per heavy atom. The van der Waals surface area contributed by atoms with E-state index in [1.807, 2.05) is 0 Å². The van der Waals surface area contributed by atoms with Crippen molar-refractivity contribution in [2.75, 3.05) is 0 Å². The van der Waals surface area contributed by atoms with Gasteiger partial charge in [-0.1, -0.05) is 0 Å². The maximum atomic E-state index is 11.9. The number of H-pyrrole nitrogens is 1. The van der Waals surface area contributed by atoms with Gasteiger partial charge in [-0.25, -0.2) is 9.59 Å². The fourth-order valence-corrected chi connectivity index (χ4v) is 0.907. The van der Waals surface area contributed by atoms with Crippen LogP contribution < -0.4 is 11.4 Å². The molecule has 1 aromatic heterocycles. The minimum Gasteiger partial charge on any atom is -0.273 e. The highest BCUT2D eigenvalue weighted by Gasteiger charge is 2.29. The van der Waals surface area contributed by atoms with Gasteiger partial charge in [-0.3, -0.25) is 9.55 Å². The summed E-state index contributed by atoms with van der Waals surface area (Å²) in [6, 6.07) is 0. The van der Waals surface area contributed by atoms with Gasteiger partial charge in [-0.05, 0) is 6.92 Å². The van der Waals surface area contributed by atoms with E-state index in [1.165, 1.54) is 0 Å². The zero-order valence-electron chi connectivity index (χ0n) is 7.05. The van der Waals surface area contributed by atoms with Crippen molar-refractivity contribution in [1.82, 2.24) is 14.5 Å². The molecule has 1 aromatic rings. The van der Waals surface area contributed by atoms with E-state index < -0.39 is 24.1 Å². The van der Waals surface area contributed by atoms with Crippen LogP contribution in [0.3, 0.4) is 0 Å². The summed E-state index contributed by atoms with van der Waals surface area (Å²) in [5, 5.41) is 0.